The Kier molecular flexibility index (Phi) is 2.06. The van der Waals surface area contributed by atoms with Crippen LogP contribution in [0.1, 0.15) is 52.0 Å². The van der Waals surface area contributed by atoms with Gasteiger partial charge in [0.15, 0.2) is 0 Å². The SMILES string of the molecule is O=C(O)c1sc(CC2CC2)nc1C1CC1. The van der Waals surface area contributed by atoms with Crippen molar-refractivity contribution in [3.63, 3.8) is 0 Å². The molecule has 0 aromatic carbocycles. The smallest absolute Gasteiger partial charge is 0.347 e. The first-order chi connectivity index (χ1) is 7.24. The van der Waals surface area contributed by atoms with Gasteiger partial charge in [0, 0.05) is 12.3 Å². The Labute approximate surface area is 92.2 Å². The Bertz CT molecular complexity index is 405. The second-order valence-electron chi connectivity index (χ2n) is 4.55. The van der Waals surface area contributed by atoms with Crippen LogP contribution in [0.2, 0.25) is 0 Å². The van der Waals surface area contributed by atoms with Crippen LogP contribution in [-0.4, -0.2) is 16.1 Å². The highest BCUT2D eigenvalue weighted by Gasteiger charge is 2.33. The average molecular weight is 223 g/mol. The first-order valence-corrected chi connectivity index (χ1v) is 6.28. The fourth-order valence-corrected chi connectivity index (χ4v) is 2.92. The normalized spacial score (nSPS) is 20.5. The van der Waals surface area contributed by atoms with E-state index >= 15 is 0 Å². The number of hydrogen-bond acceptors (Lipinski definition) is 3. The van der Waals surface area contributed by atoms with E-state index in [4.69, 9.17) is 5.11 Å². The molecule has 0 bridgehead atoms. The largest absolute Gasteiger partial charge is 0.477 e. The zero-order valence-corrected chi connectivity index (χ0v) is 9.22. The van der Waals surface area contributed by atoms with Gasteiger partial charge in [-0.25, -0.2) is 9.78 Å². The number of carboxylic acids is 1. The second kappa shape index (κ2) is 3.30. The van der Waals surface area contributed by atoms with E-state index in [2.05, 4.69) is 4.98 Å². The maximum atomic E-state index is 11.0. The van der Waals surface area contributed by atoms with Crippen LogP contribution < -0.4 is 0 Å². The first-order valence-electron chi connectivity index (χ1n) is 5.47. The highest BCUT2D eigenvalue weighted by atomic mass is 32.1. The summed E-state index contributed by atoms with van der Waals surface area (Å²) < 4.78 is 0. The Hall–Kier alpha value is -0.900. The Morgan fingerprint density at radius 2 is 2.13 bits per heavy atom. The van der Waals surface area contributed by atoms with E-state index in [1.54, 1.807) is 0 Å². The molecule has 2 aliphatic rings. The average Bonchev–Trinajstić information content (AvgIpc) is 3.05. The van der Waals surface area contributed by atoms with E-state index in [-0.39, 0.29) is 0 Å². The lowest BCUT2D eigenvalue weighted by molar-refractivity contribution is 0.0700. The van der Waals surface area contributed by atoms with Crippen LogP contribution in [-0.2, 0) is 6.42 Å². The zero-order chi connectivity index (χ0) is 10.4. The molecule has 4 heteroatoms. The molecule has 15 heavy (non-hydrogen) atoms. The summed E-state index contributed by atoms with van der Waals surface area (Å²) in [6, 6.07) is 0. The molecule has 0 radical (unpaired) electrons. The van der Waals surface area contributed by atoms with Crippen LogP contribution in [0.25, 0.3) is 0 Å². The molecule has 0 amide bonds. The lowest BCUT2D eigenvalue weighted by Gasteiger charge is -1.92. The minimum Gasteiger partial charge on any atom is -0.477 e. The van der Waals surface area contributed by atoms with E-state index in [1.165, 1.54) is 24.2 Å². The van der Waals surface area contributed by atoms with Gasteiger partial charge < -0.3 is 5.11 Å². The van der Waals surface area contributed by atoms with Crippen LogP contribution in [0, 0.1) is 5.92 Å². The number of carbonyl (C=O) groups is 1. The van der Waals surface area contributed by atoms with Gasteiger partial charge >= 0.3 is 5.97 Å². The van der Waals surface area contributed by atoms with Crippen LogP contribution in [0.3, 0.4) is 0 Å². The summed E-state index contributed by atoms with van der Waals surface area (Å²) in [5, 5.41) is 10.1. The zero-order valence-electron chi connectivity index (χ0n) is 8.40. The number of carboxylic acid groups (broad SMARTS) is 1. The molecule has 0 atom stereocenters. The molecule has 0 spiro atoms. The number of rotatable bonds is 4. The molecule has 0 unspecified atom stereocenters. The molecule has 2 saturated carbocycles. The summed E-state index contributed by atoms with van der Waals surface area (Å²) >= 11 is 1.39. The quantitative estimate of drug-likeness (QED) is 0.853. The Morgan fingerprint density at radius 3 is 2.67 bits per heavy atom. The van der Waals surface area contributed by atoms with E-state index in [0.717, 1.165) is 35.9 Å². The number of aromatic carboxylic acids is 1. The van der Waals surface area contributed by atoms with Crippen molar-refractivity contribution in [2.75, 3.05) is 0 Å². The van der Waals surface area contributed by atoms with Crippen LogP contribution >= 0.6 is 11.3 Å². The molecule has 2 fully saturated rings. The number of nitrogens with zero attached hydrogens (tertiary/aromatic N) is 1. The summed E-state index contributed by atoms with van der Waals surface area (Å²) in [6.45, 7) is 0. The fraction of sp³-hybridized carbons (Fsp3) is 0.636. The Morgan fingerprint density at radius 1 is 1.40 bits per heavy atom. The van der Waals surface area contributed by atoms with Crippen LogP contribution in [0.4, 0.5) is 0 Å². The summed E-state index contributed by atoms with van der Waals surface area (Å²) in [6.07, 6.45) is 5.82. The van der Waals surface area contributed by atoms with Crippen LogP contribution in [0.15, 0.2) is 0 Å². The van der Waals surface area contributed by atoms with E-state index in [1.807, 2.05) is 0 Å². The molecule has 3 nitrogen and oxygen atoms in total. The van der Waals surface area contributed by atoms with Crippen molar-refractivity contribution in [1.29, 1.82) is 0 Å². The van der Waals surface area contributed by atoms with Crippen molar-refractivity contribution >= 4 is 17.3 Å². The highest BCUT2D eigenvalue weighted by molar-refractivity contribution is 7.13. The number of hydrogen-bond donors (Lipinski definition) is 1. The first kappa shape index (κ1) is 9.33. The van der Waals surface area contributed by atoms with Gasteiger partial charge in [-0.05, 0) is 31.6 Å². The molecule has 0 aliphatic heterocycles. The van der Waals surface area contributed by atoms with Gasteiger partial charge in [0.2, 0.25) is 0 Å². The monoisotopic (exact) mass is 223 g/mol. The van der Waals surface area contributed by atoms with Gasteiger partial charge in [-0.1, -0.05) is 0 Å². The minimum absolute atomic E-state index is 0.445. The van der Waals surface area contributed by atoms with Gasteiger partial charge in [0.05, 0.1) is 10.7 Å². The lowest BCUT2D eigenvalue weighted by Crippen LogP contribution is -1.97. The predicted octanol–water partition coefficient (Wildman–Crippen LogP) is 2.67. The summed E-state index contributed by atoms with van der Waals surface area (Å²) in [7, 11) is 0. The third-order valence-electron chi connectivity index (χ3n) is 3.02. The van der Waals surface area contributed by atoms with Gasteiger partial charge in [-0.2, -0.15) is 0 Å². The Balaban J connectivity index is 1.88. The van der Waals surface area contributed by atoms with Crippen LogP contribution in [0.5, 0.6) is 0 Å². The third kappa shape index (κ3) is 1.91. The fourth-order valence-electron chi connectivity index (χ4n) is 1.82. The predicted molar refractivity (Wildman–Crippen MR) is 57.5 cm³/mol. The summed E-state index contributed by atoms with van der Waals surface area (Å²) in [5.41, 5.74) is 0.864. The van der Waals surface area contributed by atoms with Gasteiger partial charge in [0.1, 0.15) is 4.88 Å². The van der Waals surface area contributed by atoms with Crippen molar-refractivity contribution in [3.8, 4) is 0 Å². The molecular weight excluding hydrogens is 210 g/mol. The molecule has 2 aliphatic carbocycles. The molecule has 1 heterocycles. The van der Waals surface area contributed by atoms with E-state index in [9.17, 15) is 4.79 Å². The summed E-state index contributed by atoms with van der Waals surface area (Å²) in [4.78, 5) is 16.0. The number of thiazole rings is 1. The topological polar surface area (TPSA) is 50.2 Å². The molecule has 80 valence electrons. The maximum absolute atomic E-state index is 11.0. The maximum Gasteiger partial charge on any atom is 0.347 e. The highest BCUT2D eigenvalue weighted by Crippen LogP contribution is 2.43. The summed E-state index contributed by atoms with van der Waals surface area (Å²) in [5.74, 6) is 0.432. The molecule has 1 aromatic rings. The van der Waals surface area contributed by atoms with Gasteiger partial charge in [-0.15, -0.1) is 11.3 Å². The minimum atomic E-state index is -0.795. The molecule has 1 aromatic heterocycles. The van der Waals surface area contributed by atoms with Gasteiger partial charge in [0.25, 0.3) is 0 Å². The van der Waals surface area contributed by atoms with E-state index < -0.39 is 5.97 Å². The van der Waals surface area contributed by atoms with Crippen molar-refractivity contribution < 1.29 is 9.90 Å². The van der Waals surface area contributed by atoms with Crippen molar-refractivity contribution in [2.24, 2.45) is 5.92 Å². The van der Waals surface area contributed by atoms with Crippen molar-refractivity contribution in [1.82, 2.24) is 4.98 Å². The van der Waals surface area contributed by atoms with Crippen molar-refractivity contribution in [2.45, 2.75) is 38.0 Å². The molecular formula is C11H13NO2S. The second-order valence-corrected chi connectivity index (χ2v) is 5.63. The molecule has 3 rings (SSSR count). The standard InChI is InChI=1S/C11H13NO2S/c13-11(14)10-9(7-3-4-7)12-8(15-10)5-6-1-2-6/h6-7H,1-5H2,(H,13,14). The lowest BCUT2D eigenvalue weighted by atomic mass is 10.2. The number of aromatic nitrogens is 1. The molecule has 1 N–H and O–H groups in total. The molecule has 0 saturated heterocycles. The third-order valence-corrected chi connectivity index (χ3v) is 4.10. The van der Waals surface area contributed by atoms with Crippen molar-refractivity contribution in [3.05, 3.63) is 15.6 Å². The van der Waals surface area contributed by atoms with E-state index in [0.29, 0.717) is 10.8 Å². The van der Waals surface area contributed by atoms with Gasteiger partial charge in [-0.3, -0.25) is 0 Å².